The Labute approximate surface area is 114 Å². The minimum absolute atomic E-state index is 0.164. The zero-order chi connectivity index (χ0) is 14.5. The highest BCUT2D eigenvalue weighted by Gasteiger charge is 2.15. The molecule has 0 aromatic heterocycles. The monoisotopic (exact) mass is 269 g/mol. The van der Waals surface area contributed by atoms with Gasteiger partial charge in [0.1, 0.15) is 23.3 Å². The number of hydrogen-bond acceptors (Lipinski definition) is 2. The molecule has 2 aromatic rings. The molecule has 2 rings (SSSR count). The van der Waals surface area contributed by atoms with Gasteiger partial charge in [0.25, 0.3) is 0 Å². The molecule has 0 N–H and O–H groups in total. The molecular weight excluding hydrogens is 260 g/mol. The first-order valence-electron chi connectivity index (χ1n) is 5.78. The van der Waals surface area contributed by atoms with Gasteiger partial charge >= 0.3 is 0 Å². The maximum atomic E-state index is 13.5. The number of nitrogens with zero attached hydrogens (tertiary/aromatic N) is 1. The normalized spacial score (nSPS) is 10.9. The van der Waals surface area contributed by atoms with E-state index in [0.717, 1.165) is 6.07 Å². The maximum absolute atomic E-state index is 13.5. The highest BCUT2D eigenvalue weighted by atomic mass is 19.1. The standard InChI is InChI=1S/C16H9F2NO/c17-13-7-5-11(6-8-13)9-12(10-19)16(20)14-3-1-2-4-15(14)18/h1-9H/b12-9+. The van der Waals surface area contributed by atoms with Gasteiger partial charge in [-0.2, -0.15) is 5.26 Å². The second-order valence-electron chi connectivity index (χ2n) is 4.03. The average Bonchev–Trinajstić information content (AvgIpc) is 2.46. The SMILES string of the molecule is N#C/C(=C\c1ccc(F)cc1)C(=O)c1ccccc1F. The summed E-state index contributed by atoms with van der Waals surface area (Å²) in [5.41, 5.74) is 0.122. The molecule has 0 unspecified atom stereocenters. The topological polar surface area (TPSA) is 40.9 Å². The summed E-state index contributed by atoms with van der Waals surface area (Å²) in [6.07, 6.45) is 1.30. The van der Waals surface area contributed by atoms with Crippen molar-refractivity contribution < 1.29 is 13.6 Å². The Morgan fingerprint density at radius 2 is 1.70 bits per heavy atom. The molecule has 0 saturated carbocycles. The van der Waals surface area contributed by atoms with Crippen LogP contribution in [0.5, 0.6) is 0 Å². The number of allylic oxidation sites excluding steroid dienone is 1. The quantitative estimate of drug-likeness (QED) is 0.483. The Morgan fingerprint density at radius 3 is 2.30 bits per heavy atom. The molecule has 0 fully saturated rings. The Balaban J connectivity index is 2.38. The van der Waals surface area contributed by atoms with Gasteiger partial charge in [-0.25, -0.2) is 8.78 Å². The molecule has 0 heterocycles. The van der Waals surface area contributed by atoms with Crippen LogP contribution in [0.4, 0.5) is 8.78 Å². The number of benzene rings is 2. The van der Waals surface area contributed by atoms with Crippen LogP contribution < -0.4 is 0 Å². The molecule has 0 radical (unpaired) electrons. The van der Waals surface area contributed by atoms with Crippen LogP contribution in [0, 0.1) is 23.0 Å². The van der Waals surface area contributed by atoms with Gasteiger partial charge in [-0.05, 0) is 35.9 Å². The van der Waals surface area contributed by atoms with E-state index >= 15 is 0 Å². The number of halogens is 2. The van der Waals surface area contributed by atoms with E-state index in [1.165, 1.54) is 48.5 Å². The van der Waals surface area contributed by atoms with E-state index in [9.17, 15) is 13.6 Å². The molecular formula is C16H9F2NO. The first-order valence-corrected chi connectivity index (χ1v) is 5.78. The third-order valence-corrected chi connectivity index (χ3v) is 2.66. The molecule has 0 aliphatic rings. The fraction of sp³-hybridized carbons (Fsp3) is 0. The lowest BCUT2D eigenvalue weighted by Gasteiger charge is -2.01. The second kappa shape index (κ2) is 5.89. The van der Waals surface area contributed by atoms with Gasteiger partial charge in [0, 0.05) is 0 Å². The van der Waals surface area contributed by atoms with Crippen molar-refractivity contribution in [1.29, 1.82) is 5.26 Å². The number of carbonyl (C=O) groups is 1. The molecule has 2 nitrogen and oxygen atoms in total. The third-order valence-electron chi connectivity index (χ3n) is 2.66. The van der Waals surface area contributed by atoms with Crippen molar-refractivity contribution in [2.24, 2.45) is 0 Å². The highest BCUT2D eigenvalue weighted by Crippen LogP contribution is 2.15. The lowest BCUT2D eigenvalue weighted by molar-refractivity contribution is 0.103. The van der Waals surface area contributed by atoms with E-state index in [4.69, 9.17) is 5.26 Å². The van der Waals surface area contributed by atoms with Gasteiger partial charge in [0.05, 0.1) is 5.56 Å². The Kier molecular flexibility index (Phi) is 4.02. The summed E-state index contributed by atoms with van der Waals surface area (Å²) in [5.74, 6) is -1.80. The molecule has 98 valence electrons. The van der Waals surface area contributed by atoms with E-state index in [1.807, 2.05) is 0 Å². The van der Waals surface area contributed by atoms with Crippen molar-refractivity contribution in [2.75, 3.05) is 0 Å². The van der Waals surface area contributed by atoms with E-state index < -0.39 is 17.4 Å². The fourth-order valence-electron chi connectivity index (χ4n) is 1.66. The summed E-state index contributed by atoms with van der Waals surface area (Å²) in [5, 5.41) is 9.03. The molecule has 0 aliphatic carbocycles. The first kappa shape index (κ1) is 13.6. The van der Waals surface area contributed by atoms with Gasteiger partial charge < -0.3 is 0 Å². The van der Waals surface area contributed by atoms with Crippen molar-refractivity contribution in [3.8, 4) is 6.07 Å². The molecule has 0 spiro atoms. The van der Waals surface area contributed by atoms with E-state index in [-0.39, 0.29) is 11.1 Å². The molecule has 0 bridgehead atoms. The number of Topliss-reactive ketones (excluding diaryl/α,β-unsaturated/α-hetero) is 1. The Bertz CT molecular complexity index is 712. The van der Waals surface area contributed by atoms with Crippen LogP contribution in [0.25, 0.3) is 6.08 Å². The molecule has 0 amide bonds. The van der Waals surface area contributed by atoms with Gasteiger partial charge in [0.15, 0.2) is 0 Å². The number of nitriles is 1. The van der Waals surface area contributed by atoms with Gasteiger partial charge in [-0.3, -0.25) is 4.79 Å². The summed E-state index contributed by atoms with van der Waals surface area (Å²) < 4.78 is 26.3. The van der Waals surface area contributed by atoms with Crippen LogP contribution in [-0.2, 0) is 0 Å². The smallest absolute Gasteiger partial charge is 0.206 e. The average molecular weight is 269 g/mol. The third kappa shape index (κ3) is 2.96. The zero-order valence-electron chi connectivity index (χ0n) is 10.3. The minimum atomic E-state index is -0.699. The summed E-state index contributed by atoms with van der Waals surface area (Å²) in [4.78, 5) is 12.1. The van der Waals surface area contributed by atoms with Crippen LogP contribution in [0.15, 0.2) is 54.1 Å². The number of ketones is 1. The van der Waals surface area contributed by atoms with E-state index in [2.05, 4.69) is 0 Å². The molecule has 4 heteroatoms. The maximum Gasteiger partial charge on any atom is 0.206 e. The van der Waals surface area contributed by atoms with Crippen LogP contribution in [-0.4, -0.2) is 5.78 Å². The second-order valence-corrected chi connectivity index (χ2v) is 4.03. The largest absolute Gasteiger partial charge is 0.288 e. The van der Waals surface area contributed by atoms with Crippen molar-refractivity contribution in [1.82, 2.24) is 0 Å². The van der Waals surface area contributed by atoms with Crippen LogP contribution >= 0.6 is 0 Å². The molecule has 20 heavy (non-hydrogen) atoms. The van der Waals surface area contributed by atoms with E-state index in [1.54, 1.807) is 6.07 Å². The molecule has 0 aliphatic heterocycles. The summed E-state index contributed by atoms with van der Waals surface area (Å²) in [6, 6.07) is 12.5. The van der Waals surface area contributed by atoms with Crippen molar-refractivity contribution in [2.45, 2.75) is 0 Å². The van der Waals surface area contributed by atoms with Gasteiger partial charge in [0.2, 0.25) is 5.78 Å². The molecule has 2 aromatic carbocycles. The van der Waals surface area contributed by atoms with Crippen LogP contribution in [0.2, 0.25) is 0 Å². The summed E-state index contributed by atoms with van der Waals surface area (Å²) >= 11 is 0. The minimum Gasteiger partial charge on any atom is -0.288 e. The van der Waals surface area contributed by atoms with Crippen LogP contribution in [0.3, 0.4) is 0 Å². The van der Waals surface area contributed by atoms with Crippen molar-refractivity contribution >= 4 is 11.9 Å². The molecule has 0 atom stereocenters. The number of hydrogen-bond donors (Lipinski definition) is 0. The predicted octanol–water partition coefficient (Wildman–Crippen LogP) is 3.75. The van der Waals surface area contributed by atoms with Gasteiger partial charge in [-0.15, -0.1) is 0 Å². The predicted molar refractivity (Wildman–Crippen MR) is 70.7 cm³/mol. The fourth-order valence-corrected chi connectivity index (χ4v) is 1.66. The highest BCUT2D eigenvalue weighted by molar-refractivity contribution is 6.14. The lowest BCUT2D eigenvalue weighted by atomic mass is 10.0. The summed E-state index contributed by atoms with van der Waals surface area (Å²) in [7, 11) is 0. The first-order chi connectivity index (χ1) is 9.61. The molecule has 0 saturated heterocycles. The van der Waals surface area contributed by atoms with E-state index in [0.29, 0.717) is 5.56 Å². The number of rotatable bonds is 3. The van der Waals surface area contributed by atoms with Crippen molar-refractivity contribution in [3.63, 3.8) is 0 Å². The van der Waals surface area contributed by atoms with Crippen LogP contribution in [0.1, 0.15) is 15.9 Å². The van der Waals surface area contributed by atoms with Gasteiger partial charge in [-0.1, -0.05) is 24.3 Å². The van der Waals surface area contributed by atoms with Crippen molar-refractivity contribution in [3.05, 3.63) is 76.9 Å². The number of carbonyl (C=O) groups excluding carboxylic acids is 1. The lowest BCUT2D eigenvalue weighted by Crippen LogP contribution is -2.04. The Hall–Kier alpha value is -2.80. The zero-order valence-corrected chi connectivity index (χ0v) is 10.3. The summed E-state index contributed by atoms with van der Waals surface area (Å²) in [6.45, 7) is 0. The Morgan fingerprint density at radius 1 is 1.05 bits per heavy atom.